The van der Waals surface area contributed by atoms with Crippen LogP contribution < -0.4 is 4.72 Å². The van der Waals surface area contributed by atoms with E-state index in [1.807, 2.05) is 24.3 Å². The average Bonchev–Trinajstić information content (AvgIpc) is 2.81. The zero-order valence-corrected chi connectivity index (χ0v) is 12.5. The summed E-state index contributed by atoms with van der Waals surface area (Å²) in [6, 6.07) is 6.33. The van der Waals surface area contributed by atoms with Crippen molar-refractivity contribution in [1.29, 1.82) is 0 Å². The number of nitrogens with one attached hydrogen (secondary N) is 2. The largest absolute Gasteiger partial charge is 0.480 e. The van der Waals surface area contributed by atoms with E-state index >= 15 is 0 Å². The number of carbonyl (C=O) groups is 1. The number of carboxylic acids is 1. The zero-order valence-electron chi connectivity index (χ0n) is 11.7. The Labute approximate surface area is 123 Å². The van der Waals surface area contributed by atoms with Crippen LogP contribution in [-0.2, 0) is 21.2 Å². The Kier molecular flexibility index (Phi) is 4.64. The minimum atomic E-state index is -3.57. The van der Waals surface area contributed by atoms with Gasteiger partial charge in [-0.2, -0.15) is 0 Å². The number of para-hydroxylation sites is 1. The highest BCUT2D eigenvalue weighted by Crippen LogP contribution is 2.19. The van der Waals surface area contributed by atoms with Crippen LogP contribution in [0.25, 0.3) is 10.9 Å². The van der Waals surface area contributed by atoms with Gasteiger partial charge in [0.15, 0.2) is 0 Å². The van der Waals surface area contributed by atoms with Gasteiger partial charge in [-0.25, -0.2) is 13.1 Å². The Hall–Kier alpha value is -1.86. The Bertz CT molecular complexity index is 736. The van der Waals surface area contributed by atoms with Gasteiger partial charge in [-0.05, 0) is 18.1 Å². The van der Waals surface area contributed by atoms with Crippen LogP contribution in [0.15, 0.2) is 30.5 Å². The molecule has 1 heterocycles. The molecule has 1 aromatic carbocycles. The highest BCUT2D eigenvalue weighted by atomic mass is 32.2. The molecule has 0 amide bonds. The summed E-state index contributed by atoms with van der Waals surface area (Å²) in [7, 11) is -3.57. The molecule has 0 bridgehead atoms. The molecule has 1 aromatic heterocycles. The third-order valence-electron chi connectivity index (χ3n) is 3.19. The van der Waals surface area contributed by atoms with E-state index in [1.165, 1.54) is 0 Å². The quantitative estimate of drug-likeness (QED) is 0.721. The van der Waals surface area contributed by atoms with Gasteiger partial charge < -0.3 is 10.1 Å². The minimum absolute atomic E-state index is 0.0787. The van der Waals surface area contributed by atoms with Gasteiger partial charge in [-0.3, -0.25) is 4.79 Å². The number of aromatic nitrogens is 1. The molecule has 2 aromatic rings. The third-order valence-corrected chi connectivity index (χ3v) is 4.78. The van der Waals surface area contributed by atoms with Crippen molar-refractivity contribution in [3.05, 3.63) is 36.0 Å². The minimum Gasteiger partial charge on any atom is -0.480 e. The van der Waals surface area contributed by atoms with Crippen molar-refractivity contribution in [2.45, 2.75) is 25.8 Å². The smallest absolute Gasteiger partial charge is 0.322 e. The lowest BCUT2D eigenvalue weighted by molar-refractivity contribution is -0.138. The summed E-state index contributed by atoms with van der Waals surface area (Å²) in [6.07, 6.45) is 2.26. The molecule has 7 heteroatoms. The molecule has 0 radical (unpaired) electrons. The van der Waals surface area contributed by atoms with Gasteiger partial charge in [-0.15, -0.1) is 0 Å². The number of fused-ring (bicyclic) bond motifs is 1. The van der Waals surface area contributed by atoms with E-state index in [0.717, 1.165) is 16.5 Å². The Balaban J connectivity index is 2.23. The molecule has 0 spiro atoms. The number of hydrogen-bond acceptors (Lipinski definition) is 3. The standard InChI is InChI=1S/C14H18N2O4S/c1-2-7-21(19,20)16-13(14(17)18)8-10-9-15-12-6-4-3-5-11(10)12/h3-6,9,13,15-16H,2,7-8H2,1H3,(H,17,18). The second kappa shape index (κ2) is 6.28. The summed E-state index contributed by atoms with van der Waals surface area (Å²) in [5, 5.41) is 10.1. The molecule has 0 saturated heterocycles. The van der Waals surface area contributed by atoms with Crippen molar-refractivity contribution in [3.8, 4) is 0 Å². The first-order chi connectivity index (χ1) is 9.93. The predicted molar refractivity (Wildman–Crippen MR) is 80.6 cm³/mol. The molecule has 21 heavy (non-hydrogen) atoms. The lowest BCUT2D eigenvalue weighted by atomic mass is 10.1. The topological polar surface area (TPSA) is 99.3 Å². The number of aromatic amines is 1. The first-order valence-corrected chi connectivity index (χ1v) is 8.36. The van der Waals surface area contributed by atoms with Crippen LogP contribution in [0, 0.1) is 0 Å². The molecule has 0 aliphatic heterocycles. The van der Waals surface area contributed by atoms with Gasteiger partial charge in [-0.1, -0.05) is 25.1 Å². The fourth-order valence-corrected chi connectivity index (χ4v) is 3.52. The molecule has 3 N–H and O–H groups in total. The first-order valence-electron chi connectivity index (χ1n) is 6.70. The van der Waals surface area contributed by atoms with E-state index in [4.69, 9.17) is 0 Å². The van der Waals surface area contributed by atoms with Crippen LogP contribution in [0.5, 0.6) is 0 Å². The zero-order chi connectivity index (χ0) is 15.5. The number of benzene rings is 1. The summed E-state index contributed by atoms with van der Waals surface area (Å²) in [4.78, 5) is 14.4. The van der Waals surface area contributed by atoms with Gasteiger partial charge >= 0.3 is 5.97 Å². The summed E-state index contributed by atoms with van der Waals surface area (Å²) in [6.45, 7) is 1.73. The van der Waals surface area contributed by atoms with Crippen molar-refractivity contribution in [2.75, 3.05) is 5.75 Å². The van der Waals surface area contributed by atoms with E-state index < -0.39 is 22.0 Å². The van der Waals surface area contributed by atoms with Crippen LogP contribution in [-0.4, -0.2) is 36.3 Å². The maximum atomic E-state index is 11.8. The number of rotatable bonds is 7. The van der Waals surface area contributed by atoms with Crippen LogP contribution in [0.1, 0.15) is 18.9 Å². The second-order valence-corrected chi connectivity index (χ2v) is 6.76. The van der Waals surface area contributed by atoms with E-state index in [2.05, 4.69) is 9.71 Å². The van der Waals surface area contributed by atoms with E-state index in [9.17, 15) is 18.3 Å². The van der Waals surface area contributed by atoms with Gasteiger partial charge in [0.25, 0.3) is 0 Å². The van der Waals surface area contributed by atoms with Gasteiger partial charge in [0.05, 0.1) is 5.75 Å². The molecule has 6 nitrogen and oxygen atoms in total. The molecule has 1 unspecified atom stereocenters. The molecule has 0 aliphatic rings. The van der Waals surface area contributed by atoms with E-state index in [1.54, 1.807) is 13.1 Å². The molecular formula is C14H18N2O4S. The Morgan fingerprint density at radius 2 is 2.10 bits per heavy atom. The van der Waals surface area contributed by atoms with Crippen LogP contribution in [0.4, 0.5) is 0 Å². The molecule has 0 fully saturated rings. The molecule has 1 atom stereocenters. The van der Waals surface area contributed by atoms with Crippen molar-refractivity contribution >= 4 is 26.9 Å². The Morgan fingerprint density at radius 3 is 2.76 bits per heavy atom. The normalized spacial score (nSPS) is 13.4. The summed E-state index contributed by atoms with van der Waals surface area (Å²) in [5.74, 6) is -1.26. The lowest BCUT2D eigenvalue weighted by Gasteiger charge is -2.14. The van der Waals surface area contributed by atoms with Gasteiger partial charge in [0, 0.05) is 23.5 Å². The maximum absolute atomic E-state index is 11.8. The number of carboxylic acid groups (broad SMARTS) is 1. The lowest BCUT2D eigenvalue weighted by Crippen LogP contribution is -2.43. The Morgan fingerprint density at radius 1 is 1.38 bits per heavy atom. The van der Waals surface area contributed by atoms with E-state index in [0.29, 0.717) is 6.42 Å². The summed E-state index contributed by atoms with van der Waals surface area (Å²) >= 11 is 0. The summed E-state index contributed by atoms with van der Waals surface area (Å²) in [5.41, 5.74) is 1.67. The van der Waals surface area contributed by atoms with Crippen molar-refractivity contribution in [3.63, 3.8) is 0 Å². The van der Waals surface area contributed by atoms with Crippen molar-refractivity contribution in [1.82, 2.24) is 9.71 Å². The molecule has 0 saturated carbocycles. The second-order valence-electron chi connectivity index (χ2n) is 4.89. The fourth-order valence-electron chi connectivity index (χ4n) is 2.24. The average molecular weight is 310 g/mol. The predicted octanol–water partition coefficient (Wildman–Crippen LogP) is 1.49. The number of H-pyrrole nitrogens is 1. The molecular weight excluding hydrogens is 292 g/mol. The van der Waals surface area contributed by atoms with Crippen molar-refractivity contribution in [2.24, 2.45) is 0 Å². The number of hydrogen-bond donors (Lipinski definition) is 3. The highest BCUT2D eigenvalue weighted by molar-refractivity contribution is 7.89. The van der Waals surface area contributed by atoms with Gasteiger partial charge in [0.2, 0.25) is 10.0 Å². The van der Waals surface area contributed by atoms with Crippen LogP contribution in [0.2, 0.25) is 0 Å². The number of sulfonamides is 1. The first kappa shape index (κ1) is 15.5. The van der Waals surface area contributed by atoms with Crippen LogP contribution >= 0.6 is 0 Å². The maximum Gasteiger partial charge on any atom is 0.322 e. The molecule has 2 rings (SSSR count). The van der Waals surface area contributed by atoms with E-state index in [-0.39, 0.29) is 12.2 Å². The van der Waals surface area contributed by atoms with Gasteiger partial charge in [0.1, 0.15) is 6.04 Å². The third kappa shape index (κ3) is 3.83. The molecule has 0 aliphatic carbocycles. The highest BCUT2D eigenvalue weighted by Gasteiger charge is 2.24. The SMILES string of the molecule is CCCS(=O)(=O)NC(Cc1c[nH]c2ccccc12)C(=O)O. The summed E-state index contributed by atoms with van der Waals surface area (Å²) < 4.78 is 25.8. The molecule has 114 valence electrons. The monoisotopic (exact) mass is 310 g/mol. The van der Waals surface area contributed by atoms with Crippen LogP contribution in [0.3, 0.4) is 0 Å². The van der Waals surface area contributed by atoms with Crippen molar-refractivity contribution < 1.29 is 18.3 Å². The fraction of sp³-hybridized carbons (Fsp3) is 0.357. The number of aliphatic carboxylic acids is 1.